The number of aliphatic hydroxyl groups excluding tert-OH is 22. The largest absolute Gasteiger partial charge is 0.396 e. The van der Waals surface area contributed by atoms with E-state index in [-0.39, 0.29) is 19.0 Å². The third-order valence-corrected chi connectivity index (χ3v) is 20.0. The van der Waals surface area contributed by atoms with Gasteiger partial charge in [-0.2, -0.15) is 0 Å². The third-order valence-electron chi connectivity index (χ3n) is 20.0. The summed E-state index contributed by atoms with van der Waals surface area (Å²) in [5.74, 6) is -1.24. The molecule has 40 unspecified atom stereocenters. The minimum absolute atomic E-state index is 0.0304. The summed E-state index contributed by atoms with van der Waals surface area (Å²) >= 11 is 0. The Kier molecular flexibility index (Phi) is 26.5. The first-order chi connectivity index (χ1) is 45.7. The van der Waals surface area contributed by atoms with E-state index >= 15 is 0 Å². The first kappa shape index (κ1) is 77.1. The molecule has 30 aliphatic heterocycles. The van der Waals surface area contributed by atoms with E-state index in [1.54, 1.807) is 6.92 Å². The molecule has 0 aromatic rings. The SMILES string of the molecule is CCC1OC2OC3C(CO)OC(OC4C(CO)OC(OC5C(CO)OC(OC6C(CO)OC(OC7C(CO)CC(OC8C(CO)OC(OC9C(CN%10CCN(C(C)C)CC%10)OC(OC1C(O)C2O)C(O)C9O)C(O)C8O)C(O)C7O)C(O)C6O)C(O)C5O)C(O)C4O)C(O)C3O. The second kappa shape index (κ2) is 33.0. The molecule has 31 fully saturated rings. The zero-order chi connectivity index (χ0) is 69.6. The molecule has 0 spiro atoms. The lowest BCUT2D eigenvalue weighted by Gasteiger charge is -2.51. The number of hydrogen-bond donors (Lipinski definition) is 22. The Bertz CT molecular complexity index is 2370. The standard InChI is InChI=1S/C57H98N2O37/c1-4-19-44-29(68)36(75)51(83-19)93-47-24(14-63)87-55(40(79)33(47)72)95-49-26(16-65)89-57(42(81)35(49)74)96-50-25(15-64)88-56(41(80)34(50)73)94-48-23(13-62)86-53(39(78)32(48)71)90-43-18(11-60)9-20(27(66)28(43)67)82-46-22(12-61)85-54(38(77)31(46)70)92-45-21(84-52(91-44)37(76)30(45)69)10-58-5-7-59(8-6-58)17(2)3/h17-57,60-81H,4-16H2,1-3H3. The minimum Gasteiger partial charge on any atom is -0.396 e. The zero-order valence-corrected chi connectivity index (χ0v) is 52.7. The molecule has 96 heavy (non-hydrogen) atoms. The smallest absolute Gasteiger partial charge is 0.187 e. The van der Waals surface area contributed by atoms with E-state index in [4.69, 9.17) is 71.1 Å². The summed E-state index contributed by atoms with van der Waals surface area (Å²) in [5.41, 5.74) is 0. The molecule has 22 N–H and O–H groups in total. The number of rotatable bonds is 10. The van der Waals surface area contributed by atoms with E-state index in [0.29, 0.717) is 26.2 Å². The minimum atomic E-state index is -2.22. The van der Waals surface area contributed by atoms with Gasteiger partial charge in [-0.1, -0.05) is 6.92 Å². The summed E-state index contributed by atoms with van der Waals surface area (Å²) in [6.45, 7) is 1.77. The van der Waals surface area contributed by atoms with Crippen molar-refractivity contribution in [3.63, 3.8) is 0 Å². The van der Waals surface area contributed by atoms with Crippen LogP contribution in [0.25, 0.3) is 0 Å². The van der Waals surface area contributed by atoms with Crippen LogP contribution in [0.4, 0.5) is 0 Å². The van der Waals surface area contributed by atoms with Crippen LogP contribution in [0.3, 0.4) is 0 Å². The van der Waals surface area contributed by atoms with E-state index in [9.17, 15) is 112 Å². The zero-order valence-electron chi connectivity index (χ0n) is 52.7. The van der Waals surface area contributed by atoms with E-state index in [2.05, 4.69) is 4.90 Å². The van der Waals surface area contributed by atoms with E-state index < -0.39 is 291 Å². The Morgan fingerprint density at radius 3 is 0.812 bits per heavy atom. The van der Waals surface area contributed by atoms with Crippen molar-refractivity contribution in [1.82, 2.24) is 9.80 Å². The summed E-state index contributed by atoms with van der Waals surface area (Å²) in [6.07, 6.45) is -74.9. The highest BCUT2D eigenvalue weighted by Crippen LogP contribution is 2.41. The Labute approximate surface area is 549 Å². The van der Waals surface area contributed by atoms with Crippen molar-refractivity contribution in [1.29, 1.82) is 0 Å². The predicted octanol–water partition coefficient (Wildman–Crippen LogP) is -14.3. The molecule has 16 bridgehead atoms. The van der Waals surface area contributed by atoms with E-state index in [1.807, 2.05) is 18.7 Å². The highest BCUT2D eigenvalue weighted by molar-refractivity contribution is 5.04. The van der Waals surface area contributed by atoms with Crippen LogP contribution in [-0.4, -0.2) is 440 Å². The average Bonchev–Trinajstić information content (AvgIpc) is 0.780. The molecule has 0 radical (unpaired) electrons. The first-order valence-electron chi connectivity index (χ1n) is 32.5. The van der Waals surface area contributed by atoms with Gasteiger partial charge in [-0.05, 0) is 26.7 Å². The lowest BCUT2D eigenvalue weighted by Crippen LogP contribution is -2.69. The number of hydrogen-bond acceptors (Lipinski definition) is 39. The van der Waals surface area contributed by atoms with Gasteiger partial charge in [0.1, 0.15) is 177 Å². The topological polar surface area (TPSA) is 590 Å². The van der Waals surface area contributed by atoms with Gasteiger partial charge in [0.25, 0.3) is 0 Å². The fourth-order valence-corrected chi connectivity index (χ4v) is 14.3. The average molecular weight is 1400 g/mol. The molecule has 31 rings (SSSR count). The number of nitrogens with zero attached hydrogens (tertiary/aromatic N) is 2. The Morgan fingerprint density at radius 1 is 0.281 bits per heavy atom. The molecule has 39 heteroatoms. The molecular formula is C57H98N2O37. The fraction of sp³-hybridized carbons (Fsp3) is 1.00. The van der Waals surface area contributed by atoms with E-state index in [1.165, 1.54) is 0 Å². The summed E-state index contributed by atoms with van der Waals surface area (Å²) < 4.78 is 89.3. The van der Waals surface area contributed by atoms with Gasteiger partial charge in [0.15, 0.2) is 44.0 Å². The maximum Gasteiger partial charge on any atom is 0.187 e. The van der Waals surface area contributed by atoms with Crippen LogP contribution in [0, 0.1) is 5.92 Å². The lowest BCUT2D eigenvalue weighted by molar-refractivity contribution is -0.398. The lowest BCUT2D eigenvalue weighted by atomic mass is 9.80. The molecule has 0 aromatic heterocycles. The summed E-state index contributed by atoms with van der Waals surface area (Å²) in [4.78, 5) is 4.17. The first-order valence-corrected chi connectivity index (χ1v) is 32.5. The van der Waals surface area contributed by atoms with Crippen molar-refractivity contribution in [2.45, 2.75) is 279 Å². The van der Waals surface area contributed by atoms with Gasteiger partial charge in [0.05, 0.1) is 51.3 Å². The predicted molar refractivity (Wildman–Crippen MR) is 304 cm³/mol. The van der Waals surface area contributed by atoms with Gasteiger partial charge < -0.3 is 183 Å². The molecule has 30 saturated heterocycles. The number of piperazine rings is 1. The summed E-state index contributed by atoms with van der Waals surface area (Å²) in [7, 11) is 0. The van der Waals surface area contributed by atoms with Crippen LogP contribution >= 0.6 is 0 Å². The van der Waals surface area contributed by atoms with Crippen molar-refractivity contribution < 1.29 is 183 Å². The highest BCUT2D eigenvalue weighted by Gasteiger charge is 2.60. The van der Waals surface area contributed by atoms with Gasteiger partial charge in [0.2, 0.25) is 0 Å². The molecule has 30 heterocycles. The number of aliphatic hydroxyl groups is 22. The van der Waals surface area contributed by atoms with E-state index in [0.717, 1.165) is 0 Å². The molecular weight excluding hydrogens is 1300 g/mol. The van der Waals surface area contributed by atoms with Crippen molar-refractivity contribution in [3.8, 4) is 0 Å². The summed E-state index contributed by atoms with van der Waals surface area (Å²) in [6, 6.07) is 0.191. The third kappa shape index (κ3) is 15.6. The normalized spacial score (nSPS) is 53.2. The Hall–Kier alpha value is -1.56. The van der Waals surface area contributed by atoms with Crippen LogP contribution in [0.5, 0.6) is 0 Å². The van der Waals surface area contributed by atoms with Gasteiger partial charge in [0, 0.05) is 51.3 Å². The van der Waals surface area contributed by atoms with Crippen LogP contribution in [-0.2, 0) is 71.1 Å². The molecule has 558 valence electrons. The van der Waals surface area contributed by atoms with Crippen LogP contribution in [0.1, 0.15) is 33.6 Å². The van der Waals surface area contributed by atoms with Gasteiger partial charge in [-0.25, -0.2) is 0 Å². The van der Waals surface area contributed by atoms with Crippen LogP contribution in [0.2, 0.25) is 0 Å². The molecule has 40 atom stereocenters. The van der Waals surface area contributed by atoms with Gasteiger partial charge in [-0.15, -0.1) is 0 Å². The second-order valence-electron chi connectivity index (χ2n) is 26.4. The Balaban J connectivity index is 0.927. The van der Waals surface area contributed by atoms with Gasteiger partial charge >= 0.3 is 0 Å². The van der Waals surface area contributed by atoms with Gasteiger partial charge in [-0.3, -0.25) is 9.80 Å². The van der Waals surface area contributed by atoms with Crippen molar-refractivity contribution in [2.75, 3.05) is 72.4 Å². The second-order valence-corrected chi connectivity index (χ2v) is 26.4. The summed E-state index contributed by atoms with van der Waals surface area (Å²) in [5, 5.41) is 249. The number of ether oxygens (including phenoxy) is 15. The van der Waals surface area contributed by atoms with Crippen LogP contribution < -0.4 is 0 Å². The molecule has 31 aliphatic rings. The fourth-order valence-electron chi connectivity index (χ4n) is 14.3. The Morgan fingerprint density at radius 2 is 0.531 bits per heavy atom. The molecule has 1 saturated carbocycles. The highest BCUT2D eigenvalue weighted by atomic mass is 16.8. The molecule has 1 aliphatic carbocycles. The van der Waals surface area contributed by atoms with Crippen molar-refractivity contribution in [3.05, 3.63) is 0 Å². The molecule has 0 aromatic carbocycles. The molecule has 39 nitrogen and oxygen atoms in total. The maximum atomic E-state index is 12.1. The van der Waals surface area contributed by atoms with Crippen molar-refractivity contribution >= 4 is 0 Å². The van der Waals surface area contributed by atoms with Crippen LogP contribution in [0.15, 0.2) is 0 Å². The monoisotopic (exact) mass is 1400 g/mol. The maximum absolute atomic E-state index is 12.1. The quantitative estimate of drug-likeness (QED) is 0.0966. The molecule has 0 amide bonds. The van der Waals surface area contributed by atoms with Crippen molar-refractivity contribution in [2.24, 2.45) is 5.92 Å².